The molecule has 0 bridgehead atoms. The van der Waals surface area contributed by atoms with Gasteiger partial charge in [-0.3, -0.25) is 0 Å². The molecule has 1 heterocycles. The third-order valence-electron chi connectivity index (χ3n) is 4.37. The van der Waals surface area contributed by atoms with Gasteiger partial charge in [-0.2, -0.15) is 0 Å². The van der Waals surface area contributed by atoms with Crippen molar-refractivity contribution >= 4 is 26.5 Å². The van der Waals surface area contributed by atoms with Crippen LogP contribution >= 0.6 is 0 Å². The molecule has 0 saturated carbocycles. The molecule has 0 radical (unpaired) electrons. The van der Waals surface area contributed by atoms with E-state index in [9.17, 15) is 0 Å². The summed E-state index contributed by atoms with van der Waals surface area (Å²) < 4.78 is 2.30. The molecule has 0 spiro atoms. The van der Waals surface area contributed by atoms with Gasteiger partial charge >= 0.3 is 0 Å². The summed E-state index contributed by atoms with van der Waals surface area (Å²) in [5.41, 5.74) is 4.05. The van der Waals surface area contributed by atoms with Gasteiger partial charge < -0.3 is 0 Å². The molecule has 0 aliphatic rings. The second kappa shape index (κ2) is 5.78. The van der Waals surface area contributed by atoms with Gasteiger partial charge in [-0.1, -0.05) is 62.7 Å². The molecule has 0 unspecified atom stereocenters. The first-order chi connectivity index (χ1) is 10.00. The lowest BCUT2D eigenvalue weighted by atomic mass is 10.1. The van der Waals surface area contributed by atoms with Gasteiger partial charge in [0.1, 0.15) is 7.05 Å². The van der Waals surface area contributed by atoms with Crippen molar-refractivity contribution in [1.29, 1.82) is 0 Å². The van der Waals surface area contributed by atoms with Gasteiger partial charge in [-0.05, 0) is 18.6 Å². The SMILES string of the molecule is Cc1cc([Si](C)(C)C)ccc1-c1ccc([Si](C)(C)C)c[n+]1C. The average Bonchev–Trinajstić information content (AvgIpc) is 2.37. The van der Waals surface area contributed by atoms with Crippen LogP contribution in [0, 0.1) is 6.92 Å². The van der Waals surface area contributed by atoms with Crippen molar-refractivity contribution in [3.63, 3.8) is 0 Å². The van der Waals surface area contributed by atoms with E-state index in [4.69, 9.17) is 0 Å². The van der Waals surface area contributed by atoms with Gasteiger partial charge in [0.25, 0.3) is 0 Å². The number of aromatic nitrogens is 1. The summed E-state index contributed by atoms with van der Waals surface area (Å²) in [6.07, 6.45) is 2.33. The van der Waals surface area contributed by atoms with E-state index >= 15 is 0 Å². The lowest BCUT2D eigenvalue weighted by Gasteiger charge is -2.18. The molecule has 3 heteroatoms. The van der Waals surface area contributed by atoms with Crippen LogP contribution in [0.15, 0.2) is 36.5 Å². The molecule has 0 N–H and O–H groups in total. The van der Waals surface area contributed by atoms with Crippen LogP contribution < -0.4 is 14.9 Å². The summed E-state index contributed by atoms with van der Waals surface area (Å²) in [5.74, 6) is 0. The summed E-state index contributed by atoms with van der Waals surface area (Å²) in [4.78, 5) is 0. The van der Waals surface area contributed by atoms with Crippen molar-refractivity contribution in [3.8, 4) is 11.3 Å². The maximum absolute atomic E-state index is 2.41. The molecule has 1 nitrogen and oxygen atoms in total. The van der Waals surface area contributed by atoms with E-state index in [0.717, 1.165) is 0 Å². The maximum atomic E-state index is 2.41. The minimum atomic E-state index is -1.25. The van der Waals surface area contributed by atoms with Crippen molar-refractivity contribution in [2.24, 2.45) is 7.05 Å². The highest BCUT2D eigenvalue weighted by atomic mass is 28.3. The molecular formula is C19H30NSi2+. The second-order valence-electron chi connectivity index (χ2n) is 8.44. The van der Waals surface area contributed by atoms with Gasteiger partial charge in [-0.25, -0.2) is 4.57 Å². The molecule has 2 rings (SSSR count). The van der Waals surface area contributed by atoms with Crippen molar-refractivity contribution in [2.75, 3.05) is 0 Å². The first-order valence-corrected chi connectivity index (χ1v) is 15.1. The van der Waals surface area contributed by atoms with E-state index in [0.29, 0.717) is 0 Å². The number of hydrogen-bond acceptors (Lipinski definition) is 0. The van der Waals surface area contributed by atoms with Crippen LogP contribution in [-0.2, 0) is 7.05 Å². The molecule has 0 aliphatic carbocycles. The van der Waals surface area contributed by atoms with E-state index in [2.05, 4.69) is 94.3 Å². The van der Waals surface area contributed by atoms with Crippen molar-refractivity contribution in [3.05, 3.63) is 42.1 Å². The quantitative estimate of drug-likeness (QED) is 0.599. The van der Waals surface area contributed by atoms with Crippen molar-refractivity contribution in [1.82, 2.24) is 0 Å². The Kier molecular flexibility index (Phi) is 4.51. The number of rotatable bonds is 3. The van der Waals surface area contributed by atoms with Crippen LogP contribution in [0.25, 0.3) is 11.3 Å². The third kappa shape index (κ3) is 3.58. The van der Waals surface area contributed by atoms with Crippen LogP contribution in [-0.4, -0.2) is 16.1 Å². The molecule has 0 amide bonds. The minimum Gasteiger partial charge on any atom is -0.201 e. The molecule has 118 valence electrons. The second-order valence-corrected chi connectivity index (χ2v) is 18.6. The molecule has 0 atom stereocenters. The highest BCUT2D eigenvalue weighted by Gasteiger charge is 2.23. The number of nitrogens with zero attached hydrogens (tertiary/aromatic N) is 1. The van der Waals surface area contributed by atoms with E-state index in [1.54, 1.807) is 0 Å². The molecule has 0 saturated heterocycles. The summed E-state index contributed by atoms with van der Waals surface area (Å²) >= 11 is 0. The zero-order chi connectivity index (χ0) is 16.7. The van der Waals surface area contributed by atoms with E-state index in [1.165, 1.54) is 27.2 Å². The van der Waals surface area contributed by atoms with E-state index in [1.807, 2.05) is 0 Å². The minimum absolute atomic E-state index is 1.24. The summed E-state index contributed by atoms with van der Waals surface area (Å²) in [7, 11) is -0.317. The Morgan fingerprint density at radius 2 is 1.32 bits per heavy atom. The molecule has 22 heavy (non-hydrogen) atoms. The monoisotopic (exact) mass is 328 g/mol. The molecule has 0 fully saturated rings. The Bertz CT molecular complexity index is 630. The van der Waals surface area contributed by atoms with Crippen molar-refractivity contribution < 1.29 is 4.57 Å². The number of hydrogen-bond donors (Lipinski definition) is 0. The molecule has 1 aromatic carbocycles. The predicted octanol–water partition coefficient (Wildman–Crippen LogP) is 3.58. The Balaban J connectivity index is 2.49. The fourth-order valence-corrected chi connectivity index (χ4v) is 5.15. The number of aryl methyl sites for hydroxylation is 2. The molecular weight excluding hydrogens is 298 g/mol. The first kappa shape index (κ1) is 17.2. The molecule has 1 aromatic heterocycles. The highest BCUT2D eigenvalue weighted by Crippen LogP contribution is 2.20. The Labute approximate surface area is 138 Å². The van der Waals surface area contributed by atoms with Crippen molar-refractivity contribution in [2.45, 2.75) is 46.2 Å². The first-order valence-electron chi connectivity index (χ1n) is 8.12. The van der Waals surface area contributed by atoms with Crippen LogP contribution in [0.3, 0.4) is 0 Å². The molecule has 0 aliphatic heterocycles. The summed E-state index contributed by atoms with van der Waals surface area (Å²) in [5, 5.41) is 3.05. The standard InChI is InChI=1S/C19H30NSi2/c1-15-13-16(21(3,4)5)9-11-18(15)19-12-10-17(14-20(19)2)22(6,7)8/h9-14H,1-8H3/q+1. The largest absolute Gasteiger partial charge is 0.212 e. The zero-order valence-corrected chi connectivity index (χ0v) is 17.4. The average molecular weight is 329 g/mol. The van der Waals surface area contributed by atoms with E-state index < -0.39 is 16.1 Å². The Hall–Kier alpha value is -1.20. The van der Waals surface area contributed by atoms with Gasteiger partial charge in [-0.15, -0.1) is 0 Å². The zero-order valence-electron chi connectivity index (χ0n) is 15.4. The van der Waals surface area contributed by atoms with Gasteiger partial charge in [0, 0.05) is 16.8 Å². The van der Waals surface area contributed by atoms with Gasteiger partial charge in [0.05, 0.1) is 16.1 Å². The topological polar surface area (TPSA) is 3.88 Å². The van der Waals surface area contributed by atoms with Gasteiger partial charge in [0.2, 0.25) is 5.69 Å². The summed E-state index contributed by atoms with van der Waals surface area (Å²) in [6, 6.07) is 11.7. The normalized spacial score (nSPS) is 12.5. The van der Waals surface area contributed by atoms with Crippen LogP contribution in [0.2, 0.25) is 39.3 Å². The fraction of sp³-hybridized carbons (Fsp3) is 0.421. The predicted molar refractivity (Wildman–Crippen MR) is 104 cm³/mol. The smallest absolute Gasteiger partial charge is 0.201 e. The van der Waals surface area contributed by atoms with Crippen LogP contribution in [0.4, 0.5) is 0 Å². The maximum Gasteiger partial charge on any atom is 0.212 e. The Morgan fingerprint density at radius 1 is 0.773 bits per heavy atom. The molecule has 2 aromatic rings. The lowest BCUT2D eigenvalue weighted by molar-refractivity contribution is -0.659. The summed E-state index contributed by atoms with van der Waals surface area (Å²) in [6.45, 7) is 16.7. The van der Waals surface area contributed by atoms with Crippen LogP contribution in [0.1, 0.15) is 5.56 Å². The number of pyridine rings is 1. The third-order valence-corrected chi connectivity index (χ3v) is 8.44. The highest BCUT2D eigenvalue weighted by molar-refractivity contribution is 6.89. The Morgan fingerprint density at radius 3 is 1.77 bits per heavy atom. The fourth-order valence-electron chi connectivity index (χ4n) is 2.75. The number of benzene rings is 1. The van der Waals surface area contributed by atoms with Gasteiger partial charge in [0.15, 0.2) is 6.20 Å². The van der Waals surface area contributed by atoms with E-state index in [-0.39, 0.29) is 0 Å². The van der Waals surface area contributed by atoms with Crippen LogP contribution in [0.5, 0.6) is 0 Å². The lowest BCUT2D eigenvalue weighted by Crippen LogP contribution is -2.45.